The molecule has 39 heteroatoms. The maximum absolute atomic E-state index is 14.1. The lowest BCUT2D eigenvalue weighted by atomic mass is 9.90. The summed E-state index contributed by atoms with van der Waals surface area (Å²) in [7, 11) is -7.41. The molecule has 0 amide bonds. The third-order valence-electron chi connectivity index (χ3n) is 25.5. The lowest BCUT2D eigenvalue weighted by Crippen LogP contribution is -2.43. The summed E-state index contributed by atoms with van der Waals surface area (Å²) in [4.78, 5) is 53.8. The summed E-state index contributed by atoms with van der Waals surface area (Å²) in [5.74, 6) is -1.39. The molecule has 9 heterocycles. The number of methoxy groups -OCH3 is 3. The van der Waals surface area contributed by atoms with Crippen molar-refractivity contribution < 1.29 is 121 Å². The molecule has 0 radical (unpaired) electrons. The van der Waals surface area contributed by atoms with Gasteiger partial charge >= 0.3 is 17.9 Å². The number of hydrogen-bond donors (Lipinski definition) is 6. The summed E-state index contributed by atoms with van der Waals surface area (Å²) in [5.41, 5.74) is 5.01. The molecule has 0 bridgehead atoms. The zero-order valence-electron chi connectivity index (χ0n) is 83.3. The number of carbonyl (C=O) groups excluding carboxylic acids is 3. The van der Waals surface area contributed by atoms with E-state index in [1.807, 2.05) is 156 Å². The van der Waals surface area contributed by atoms with Crippen LogP contribution in [0.4, 0.5) is 17.2 Å². The van der Waals surface area contributed by atoms with Crippen LogP contribution in [0.1, 0.15) is 158 Å². The highest BCUT2D eigenvalue weighted by Gasteiger charge is 2.46. The Balaban J connectivity index is 0.000000178. The largest absolute Gasteiger partial charge is 0.497 e. The first-order valence-electron chi connectivity index (χ1n) is 49.0. The molecule has 3 aromatic heterocycles. The van der Waals surface area contributed by atoms with E-state index in [-0.39, 0.29) is 164 Å². The third kappa shape index (κ3) is 29.8. The highest BCUT2D eigenvalue weighted by molar-refractivity contribution is 7.89. The average molecular weight is 2040 g/mol. The molecule has 9 aromatic rings. The fourth-order valence-electron chi connectivity index (χ4n) is 18.6. The van der Waals surface area contributed by atoms with Crippen molar-refractivity contribution in [1.29, 1.82) is 0 Å². The van der Waals surface area contributed by atoms with Crippen LogP contribution in [0.2, 0.25) is 0 Å². The summed E-state index contributed by atoms with van der Waals surface area (Å²) in [6, 6.07) is 37.3. The molecule has 0 saturated carbocycles. The van der Waals surface area contributed by atoms with Crippen LogP contribution in [-0.4, -0.2) is 260 Å². The molecular weight excluding hydrogens is 1900 g/mol. The van der Waals surface area contributed by atoms with E-state index in [0.29, 0.717) is 135 Å². The van der Waals surface area contributed by atoms with Gasteiger partial charge in [-0.3, -0.25) is 14.4 Å². The van der Waals surface area contributed by atoms with Crippen molar-refractivity contribution >= 4 is 109 Å². The molecule has 774 valence electrons. The van der Waals surface area contributed by atoms with Gasteiger partial charge in [-0.05, 0) is 193 Å². The normalized spacial score (nSPS) is 21.3. The third-order valence-corrected chi connectivity index (χ3v) is 32.0. The summed E-state index contributed by atoms with van der Waals surface area (Å²) in [5, 5.41) is 45.4. The van der Waals surface area contributed by atoms with E-state index in [9.17, 15) is 55.0 Å². The number of sulfonamides is 3. The first-order chi connectivity index (χ1) is 67.3. The number of nitrogens with one attached hydrogen (secondary N) is 3. The number of aromatic nitrogens is 3. The summed E-state index contributed by atoms with van der Waals surface area (Å²) < 4.78 is 169. The Hall–Kier alpha value is -9.27. The molecule has 0 spiro atoms. The lowest BCUT2D eigenvalue weighted by Gasteiger charge is -2.33. The molecule has 15 rings (SSSR count). The first-order valence-corrected chi connectivity index (χ1v) is 54.1. The summed E-state index contributed by atoms with van der Waals surface area (Å²) >= 11 is 1.40. The number of benzene rings is 6. The zero-order chi connectivity index (χ0) is 101. The molecule has 35 nitrogen and oxygen atoms in total. The van der Waals surface area contributed by atoms with Crippen molar-refractivity contribution in [2.75, 3.05) is 116 Å². The minimum atomic E-state index is -4.07. The Morgan fingerprint density at radius 3 is 1.06 bits per heavy atom. The fourth-order valence-corrected chi connectivity index (χ4v) is 24.6. The predicted octanol–water partition coefficient (Wildman–Crippen LogP) is 14.3. The average Bonchev–Trinajstić information content (AvgIpc) is 1.73. The Morgan fingerprint density at radius 2 is 0.723 bits per heavy atom. The summed E-state index contributed by atoms with van der Waals surface area (Å²) in [6.07, 6.45) is -0.944. The van der Waals surface area contributed by atoms with Crippen LogP contribution in [0.3, 0.4) is 0 Å². The second-order valence-corrected chi connectivity index (χ2v) is 46.2. The maximum Gasteiger partial charge on any atom is 0.306 e. The van der Waals surface area contributed by atoms with Gasteiger partial charge in [0.2, 0.25) is 30.1 Å². The number of oxazole rings is 2. The molecular formula is C102H141N9O26S4. The van der Waals surface area contributed by atoms with Gasteiger partial charge in [-0.2, -0.15) is 22.9 Å². The Bertz CT molecular complexity index is 5700. The second kappa shape index (κ2) is 50.0. The molecule has 6 fully saturated rings. The highest BCUT2D eigenvalue weighted by Crippen LogP contribution is 2.40. The van der Waals surface area contributed by atoms with E-state index in [1.54, 1.807) is 51.7 Å². The predicted molar refractivity (Wildman–Crippen MR) is 532 cm³/mol. The van der Waals surface area contributed by atoms with Crippen molar-refractivity contribution in [3.8, 4) is 17.2 Å². The Kier molecular flexibility index (Phi) is 38.7. The number of esters is 3. The number of aliphatic hydroxyl groups excluding tert-OH is 3. The molecule has 15 atom stereocenters. The molecule has 6 saturated heterocycles. The molecule has 0 unspecified atom stereocenters. The number of thiazole rings is 1. The van der Waals surface area contributed by atoms with Gasteiger partial charge in [0, 0.05) is 124 Å². The van der Waals surface area contributed by atoms with E-state index in [4.69, 9.17) is 65.7 Å². The van der Waals surface area contributed by atoms with Gasteiger partial charge in [0.05, 0.1) is 123 Å². The first kappa shape index (κ1) is 109. The lowest BCUT2D eigenvalue weighted by molar-refractivity contribution is -0.196. The number of hydrogen-bond acceptors (Lipinski definition) is 33. The van der Waals surface area contributed by atoms with Gasteiger partial charge in [-0.25, -0.2) is 30.2 Å². The van der Waals surface area contributed by atoms with E-state index < -0.39 is 84.0 Å². The molecule has 6 aromatic carbocycles. The van der Waals surface area contributed by atoms with Gasteiger partial charge < -0.3 is 96.9 Å². The van der Waals surface area contributed by atoms with Gasteiger partial charge in [-0.15, -0.1) is 0 Å². The molecule has 141 heavy (non-hydrogen) atoms. The van der Waals surface area contributed by atoms with Crippen LogP contribution in [0, 0.1) is 53.3 Å². The maximum atomic E-state index is 14.1. The number of aliphatic hydroxyl groups is 3. The van der Waals surface area contributed by atoms with Gasteiger partial charge in [-0.1, -0.05) is 89.3 Å². The number of ether oxygens (including phenoxy) is 12. The standard InChI is InChI=1S/2C34H47N3O9S.C34H47N3O8S2/c1-21(2)19-37(47(40,41)26-10-11-28-31(18-26)46-34(36-28)35-22(3)4)20-29(38)24(16-23-6-8-25(42-5)9-7-23)17-32(39)45-30-13-15-44-33-27(30)12-14-43-33;2*1-21(2)19-37(47(40,41)26-9-10-28-31(18-26)46-34(36-28)35-22(3)4)20-29(38)24(15-23-7-6-8-25(16-23)42-5)17-32(39)45-30-12-14-44-33-27(30)11-13-43-33/h6-11,18,21-22,24,27,29-30,33,38H,12-17,19-20H2,1-5H3,(H,35,36);2*6-10,16,18,21-22,24,27,29-30,33,38H,11-15,17,19-20H2,1-5H3,(H,35,36)/t3*24-,27+,29-,30+,33-/m111/s1. The number of nitrogens with zero attached hydrogens (tertiary/aromatic N) is 6. The minimum absolute atomic E-state index is 0.0112. The molecule has 6 N–H and O–H groups in total. The van der Waals surface area contributed by atoms with E-state index >= 15 is 0 Å². The number of fused-ring (bicyclic) bond motifs is 6. The van der Waals surface area contributed by atoms with E-state index in [0.717, 1.165) is 45.8 Å². The highest BCUT2D eigenvalue weighted by atomic mass is 32.2. The number of rotatable bonds is 45. The van der Waals surface area contributed by atoms with Crippen LogP contribution < -0.4 is 30.2 Å². The minimum Gasteiger partial charge on any atom is -0.497 e. The van der Waals surface area contributed by atoms with Gasteiger partial charge in [0.1, 0.15) is 46.6 Å². The van der Waals surface area contributed by atoms with Crippen LogP contribution >= 0.6 is 11.3 Å². The van der Waals surface area contributed by atoms with E-state index in [2.05, 4.69) is 30.9 Å². The zero-order valence-corrected chi connectivity index (χ0v) is 86.5. The van der Waals surface area contributed by atoms with Crippen LogP contribution in [0.5, 0.6) is 17.2 Å². The van der Waals surface area contributed by atoms with Crippen LogP contribution in [0.15, 0.2) is 151 Å². The summed E-state index contributed by atoms with van der Waals surface area (Å²) in [6.45, 7) is 26.3. The van der Waals surface area contributed by atoms with Crippen molar-refractivity contribution in [2.45, 2.75) is 248 Å². The van der Waals surface area contributed by atoms with E-state index in [1.165, 1.54) is 48.5 Å². The van der Waals surface area contributed by atoms with Crippen molar-refractivity contribution in [3.05, 3.63) is 144 Å². The van der Waals surface area contributed by atoms with Crippen LogP contribution in [-0.2, 0) is 106 Å². The Morgan fingerprint density at radius 1 is 0.390 bits per heavy atom. The van der Waals surface area contributed by atoms with Crippen LogP contribution in [0.25, 0.3) is 32.4 Å². The fraction of sp³-hybridized carbons (Fsp3) is 0.588. The Labute approximate surface area is 831 Å². The molecule has 0 aliphatic carbocycles. The number of carbonyl (C=O) groups is 3. The molecule has 6 aliphatic heterocycles. The topological polar surface area (TPSA) is 436 Å². The monoisotopic (exact) mass is 2040 g/mol. The van der Waals surface area contributed by atoms with Crippen molar-refractivity contribution in [2.24, 2.45) is 53.3 Å². The van der Waals surface area contributed by atoms with Gasteiger partial charge in [0.25, 0.3) is 12.0 Å². The number of anilines is 3. The van der Waals surface area contributed by atoms with Gasteiger partial charge in [0.15, 0.2) is 35.2 Å². The smallest absolute Gasteiger partial charge is 0.306 e. The van der Waals surface area contributed by atoms with Crippen molar-refractivity contribution in [3.63, 3.8) is 0 Å². The second-order valence-electron chi connectivity index (χ2n) is 39.4. The van der Waals surface area contributed by atoms with Crippen molar-refractivity contribution in [1.82, 2.24) is 27.9 Å². The SMILES string of the molecule is COc1ccc(C[C@H](CC(=O)O[C@H]2CCO[C@H]3OCC[C@H]32)[C@H](O)CN(CC(C)C)S(=O)(=O)c2ccc3nc(NC(C)C)oc3c2)cc1.COc1cccc(C[C@H](CC(=O)O[C@H]2CCO[C@H]3OCC[C@H]32)[C@H](O)CN(CC(C)C)S(=O)(=O)c2ccc3nc(NC(C)C)oc3c2)c1.COc1cccc(C[C@H](CC(=O)O[C@H]2CCO[C@H]3OCC[C@H]32)[C@H](O)CN(CC(C)C)S(=O)(=O)c2ccc3nc(NC(C)C)sc3c2)c1. The quantitative estimate of drug-likeness (QED) is 0.0152. The molecule has 6 aliphatic rings.